The van der Waals surface area contributed by atoms with Crippen molar-refractivity contribution in [3.63, 3.8) is 0 Å². The van der Waals surface area contributed by atoms with E-state index in [1.807, 2.05) is 78.6 Å². The molecule has 1 aliphatic heterocycles. The molecule has 0 spiro atoms. The first-order valence-electron chi connectivity index (χ1n) is 11.0. The normalized spacial score (nSPS) is 14.0. The van der Waals surface area contributed by atoms with Gasteiger partial charge in [-0.25, -0.2) is 0 Å². The highest BCUT2D eigenvalue weighted by molar-refractivity contribution is 14.1. The molecule has 0 bridgehead atoms. The van der Waals surface area contributed by atoms with Gasteiger partial charge in [0.2, 0.25) is 0 Å². The lowest BCUT2D eigenvalue weighted by Crippen LogP contribution is -2.26. The Hall–Kier alpha value is -2.51. The Morgan fingerprint density at radius 2 is 1.79 bits per heavy atom. The van der Waals surface area contributed by atoms with Crippen molar-refractivity contribution in [3.8, 4) is 11.5 Å². The number of ether oxygens (including phenoxy) is 2. The van der Waals surface area contributed by atoms with Crippen LogP contribution in [0.25, 0.3) is 11.6 Å². The molecule has 1 heterocycles. The molecule has 33 heavy (non-hydrogen) atoms. The molecule has 0 aromatic heterocycles. The average Bonchev–Trinajstić information content (AvgIpc) is 3.06. The second kappa shape index (κ2) is 10.6. The topological polar surface area (TPSA) is 38.8 Å². The maximum atomic E-state index is 13.2. The van der Waals surface area contributed by atoms with E-state index in [4.69, 9.17) is 21.1 Å². The van der Waals surface area contributed by atoms with Crippen molar-refractivity contribution < 1.29 is 14.3 Å². The van der Waals surface area contributed by atoms with E-state index in [1.165, 1.54) is 0 Å². The maximum Gasteiger partial charge on any atom is 0.258 e. The molecule has 0 radical (unpaired) electrons. The fourth-order valence-corrected chi connectivity index (χ4v) is 4.87. The van der Waals surface area contributed by atoms with Crippen LogP contribution in [0.3, 0.4) is 0 Å². The van der Waals surface area contributed by atoms with E-state index in [2.05, 4.69) is 29.5 Å². The van der Waals surface area contributed by atoms with Crippen LogP contribution in [-0.2, 0) is 11.4 Å². The van der Waals surface area contributed by atoms with Gasteiger partial charge >= 0.3 is 0 Å². The Labute approximate surface area is 213 Å². The molecule has 0 fully saturated rings. The lowest BCUT2D eigenvalue weighted by Gasteiger charge is -2.16. The maximum absolute atomic E-state index is 13.2. The van der Waals surface area contributed by atoms with Crippen LogP contribution in [0.15, 0.2) is 60.7 Å². The van der Waals surface area contributed by atoms with Crippen molar-refractivity contribution in [1.82, 2.24) is 0 Å². The standard InChI is InChI=1S/C27H25ClINO3/c1-3-13-30-24-12-8-6-10-20(24)21(27(30)31)14-18-15-23(29)26(25(16-18)32-4-2)33-17-19-9-5-7-11-22(19)28/h5-12,14-16H,3-4,13,17H2,1-2H3/b21-14-. The molecular formula is C27H25ClINO3. The molecule has 0 aliphatic carbocycles. The van der Waals surface area contributed by atoms with Gasteiger partial charge in [0.15, 0.2) is 11.5 Å². The summed E-state index contributed by atoms with van der Waals surface area (Å²) in [6.07, 6.45) is 2.84. The zero-order valence-corrected chi connectivity index (χ0v) is 21.5. The Kier molecular flexibility index (Phi) is 7.60. The smallest absolute Gasteiger partial charge is 0.258 e. The third-order valence-corrected chi connectivity index (χ3v) is 6.55. The van der Waals surface area contributed by atoms with Crippen LogP contribution >= 0.6 is 34.2 Å². The van der Waals surface area contributed by atoms with Crippen molar-refractivity contribution >= 4 is 57.4 Å². The molecule has 170 valence electrons. The number of benzene rings is 3. The first-order valence-corrected chi connectivity index (χ1v) is 12.4. The summed E-state index contributed by atoms with van der Waals surface area (Å²) in [6.45, 7) is 5.56. The number of nitrogens with zero attached hydrogens (tertiary/aromatic N) is 1. The Balaban J connectivity index is 1.69. The van der Waals surface area contributed by atoms with E-state index in [1.54, 1.807) is 0 Å². The minimum Gasteiger partial charge on any atom is -0.490 e. The Morgan fingerprint density at radius 3 is 2.55 bits per heavy atom. The van der Waals surface area contributed by atoms with Gasteiger partial charge in [0.1, 0.15) is 6.61 Å². The minimum atomic E-state index is 0.0325. The highest BCUT2D eigenvalue weighted by Gasteiger charge is 2.31. The summed E-state index contributed by atoms with van der Waals surface area (Å²) in [6, 6.07) is 19.5. The van der Waals surface area contributed by atoms with Crippen LogP contribution in [0.4, 0.5) is 5.69 Å². The SMILES string of the molecule is CCCN1C(=O)/C(=C\c2cc(I)c(OCc3ccccc3Cl)c(OCC)c2)c2ccccc21. The van der Waals surface area contributed by atoms with E-state index in [0.29, 0.717) is 41.9 Å². The van der Waals surface area contributed by atoms with Crippen LogP contribution in [0, 0.1) is 3.57 Å². The monoisotopic (exact) mass is 573 g/mol. The van der Waals surface area contributed by atoms with Gasteiger partial charge in [0.05, 0.1) is 15.9 Å². The van der Waals surface area contributed by atoms with E-state index < -0.39 is 0 Å². The molecule has 1 amide bonds. The summed E-state index contributed by atoms with van der Waals surface area (Å²) >= 11 is 8.53. The quantitative estimate of drug-likeness (QED) is 0.211. The molecule has 3 aromatic carbocycles. The van der Waals surface area contributed by atoms with Crippen molar-refractivity contribution in [3.05, 3.63) is 85.9 Å². The van der Waals surface area contributed by atoms with Crippen LogP contribution in [0.2, 0.25) is 5.02 Å². The fourth-order valence-electron chi connectivity index (χ4n) is 3.90. The third-order valence-electron chi connectivity index (χ3n) is 5.38. The second-order valence-electron chi connectivity index (χ2n) is 7.68. The van der Waals surface area contributed by atoms with E-state index in [9.17, 15) is 4.79 Å². The van der Waals surface area contributed by atoms with Crippen molar-refractivity contribution in [1.29, 1.82) is 0 Å². The van der Waals surface area contributed by atoms with Gasteiger partial charge in [-0.1, -0.05) is 54.9 Å². The molecule has 0 unspecified atom stereocenters. The summed E-state index contributed by atoms with van der Waals surface area (Å²) in [5, 5.41) is 0.668. The molecule has 6 heteroatoms. The minimum absolute atomic E-state index is 0.0325. The summed E-state index contributed by atoms with van der Waals surface area (Å²) in [7, 11) is 0. The van der Waals surface area contributed by atoms with Crippen molar-refractivity contribution in [2.24, 2.45) is 0 Å². The van der Waals surface area contributed by atoms with E-state index >= 15 is 0 Å². The number of anilines is 1. The fraction of sp³-hybridized carbons (Fsp3) is 0.222. The number of halogens is 2. The molecule has 3 aromatic rings. The van der Waals surface area contributed by atoms with Gasteiger partial charge in [-0.2, -0.15) is 0 Å². The largest absolute Gasteiger partial charge is 0.490 e. The van der Waals surface area contributed by atoms with Gasteiger partial charge in [-0.15, -0.1) is 0 Å². The van der Waals surface area contributed by atoms with Crippen LogP contribution in [0.1, 0.15) is 37.0 Å². The molecule has 4 rings (SSSR count). The zero-order chi connectivity index (χ0) is 23.4. The van der Waals surface area contributed by atoms with Gasteiger partial charge in [0.25, 0.3) is 5.91 Å². The number of hydrogen-bond acceptors (Lipinski definition) is 3. The molecular weight excluding hydrogens is 549 g/mol. The second-order valence-corrected chi connectivity index (χ2v) is 9.24. The van der Waals surface area contributed by atoms with E-state index in [-0.39, 0.29) is 5.91 Å². The van der Waals surface area contributed by atoms with Gasteiger partial charge in [-0.05, 0) is 71.8 Å². The number of amides is 1. The Bertz CT molecular complexity index is 1210. The highest BCUT2D eigenvalue weighted by atomic mass is 127. The summed E-state index contributed by atoms with van der Waals surface area (Å²) in [5.74, 6) is 1.35. The van der Waals surface area contributed by atoms with Crippen LogP contribution in [0.5, 0.6) is 11.5 Å². The predicted octanol–water partition coefficient (Wildman–Crippen LogP) is 7.22. The van der Waals surface area contributed by atoms with Crippen molar-refractivity contribution in [2.75, 3.05) is 18.1 Å². The van der Waals surface area contributed by atoms with Crippen molar-refractivity contribution in [2.45, 2.75) is 26.9 Å². The average molecular weight is 574 g/mol. The predicted molar refractivity (Wildman–Crippen MR) is 143 cm³/mol. The van der Waals surface area contributed by atoms with Gasteiger partial charge in [-0.3, -0.25) is 4.79 Å². The van der Waals surface area contributed by atoms with Gasteiger partial charge in [0, 0.05) is 28.3 Å². The number of hydrogen-bond donors (Lipinski definition) is 0. The number of carbonyl (C=O) groups is 1. The zero-order valence-electron chi connectivity index (χ0n) is 18.6. The number of carbonyl (C=O) groups excluding carboxylic acids is 1. The number of fused-ring (bicyclic) bond motifs is 1. The highest BCUT2D eigenvalue weighted by Crippen LogP contribution is 2.40. The first kappa shape index (κ1) is 23.6. The summed E-state index contributed by atoms with van der Waals surface area (Å²) in [5.41, 5.74) is 4.43. The summed E-state index contributed by atoms with van der Waals surface area (Å²) in [4.78, 5) is 15.1. The molecule has 4 nitrogen and oxygen atoms in total. The first-order chi connectivity index (χ1) is 16.0. The lowest BCUT2D eigenvalue weighted by molar-refractivity contribution is -0.113. The molecule has 1 aliphatic rings. The molecule has 0 saturated carbocycles. The number of rotatable bonds is 8. The van der Waals surface area contributed by atoms with Crippen LogP contribution < -0.4 is 14.4 Å². The van der Waals surface area contributed by atoms with E-state index in [0.717, 1.165) is 32.4 Å². The molecule has 0 atom stereocenters. The number of para-hydroxylation sites is 1. The molecule has 0 N–H and O–H groups in total. The summed E-state index contributed by atoms with van der Waals surface area (Å²) < 4.78 is 12.9. The Morgan fingerprint density at radius 1 is 1.03 bits per heavy atom. The van der Waals surface area contributed by atoms with Gasteiger partial charge < -0.3 is 14.4 Å². The van der Waals surface area contributed by atoms with Crippen LogP contribution in [-0.4, -0.2) is 19.1 Å². The third kappa shape index (κ3) is 5.04. The lowest BCUT2D eigenvalue weighted by atomic mass is 10.0. The molecule has 0 saturated heterocycles.